The number of halogens is 1. The van der Waals surface area contributed by atoms with Gasteiger partial charge < -0.3 is 0 Å². The summed E-state index contributed by atoms with van der Waals surface area (Å²) in [5.74, 6) is -0.645. The first-order valence-corrected chi connectivity index (χ1v) is 10.8. The van der Waals surface area contributed by atoms with E-state index in [-0.39, 0.29) is 5.69 Å². The molecule has 0 unspecified atom stereocenters. The summed E-state index contributed by atoms with van der Waals surface area (Å²) in [5.41, 5.74) is 3.36. The van der Waals surface area contributed by atoms with Crippen molar-refractivity contribution in [1.29, 1.82) is 0 Å². The number of carbonyl (C=O) groups is 1. The van der Waals surface area contributed by atoms with Gasteiger partial charge in [0.25, 0.3) is 11.6 Å². The molecular weight excluding hydrogens is 499 g/mol. The molecule has 0 aliphatic rings. The largest absolute Gasteiger partial charge is 0.271 e. The van der Waals surface area contributed by atoms with Crippen LogP contribution in [-0.4, -0.2) is 37.8 Å². The van der Waals surface area contributed by atoms with E-state index in [9.17, 15) is 23.3 Å². The lowest BCUT2D eigenvalue weighted by atomic mass is 10.1. The topological polar surface area (TPSA) is 122 Å². The molecule has 2 aromatic rings. The lowest BCUT2D eigenvalue weighted by molar-refractivity contribution is -0.384. The molecule has 0 bridgehead atoms. The van der Waals surface area contributed by atoms with Crippen molar-refractivity contribution in [3.8, 4) is 0 Å². The van der Waals surface area contributed by atoms with Crippen molar-refractivity contribution in [2.24, 2.45) is 5.10 Å². The number of carbonyl (C=O) groups excluding carboxylic acids is 1. The van der Waals surface area contributed by atoms with Crippen LogP contribution in [0.4, 0.5) is 11.4 Å². The van der Waals surface area contributed by atoms with Gasteiger partial charge >= 0.3 is 0 Å². The van der Waals surface area contributed by atoms with Gasteiger partial charge in [0.2, 0.25) is 10.0 Å². The first-order valence-electron chi connectivity index (χ1n) is 7.89. The van der Waals surface area contributed by atoms with Gasteiger partial charge in [-0.2, -0.15) is 5.10 Å². The lowest BCUT2D eigenvalue weighted by Gasteiger charge is -2.21. The first kappa shape index (κ1) is 21.8. The number of rotatable bonds is 7. The highest BCUT2D eigenvalue weighted by Crippen LogP contribution is 2.19. The normalized spacial score (nSPS) is 11.8. The monoisotopic (exact) mass is 516 g/mol. The number of nitro groups is 1. The Kier molecular flexibility index (Phi) is 7.07. The van der Waals surface area contributed by atoms with E-state index >= 15 is 0 Å². The van der Waals surface area contributed by atoms with E-state index in [1.807, 2.05) is 0 Å². The van der Waals surface area contributed by atoms with E-state index in [0.717, 1.165) is 14.1 Å². The average molecular weight is 516 g/mol. The molecule has 0 heterocycles. The SMILES string of the molecule is C/C(=N/NC(=O)CN(c1ccc(I)cc1)S(C)(=O)=O)c1cccc([N+](=O)[O-])c1. The molecule has 148 valence electrons. The van der Waals surface area contributed by atoms with Crippen LogP contribution < -0.4 is 9.73 Å². The van der Waals surface area contributed by atoms with E-state index in [1.54, 1.807) is 37.3 Å². The molecule has 11 heteroatoms. The van der Waals surface area contributed by atoms with Crippen LogP contribution in [0, 0.1) is 13.7 Å². The van der Waals surface area contributed by atoms with Crippen molar-refractivity contribution in [2.75, 3.05) is 17.1 Å². The zero-order chi connectivity index (χ0) is 20.9. The van der Waals surface area contributed by atoms with Gasteiger partial charge in [0.1, 0.15) is 6.54 Å². The van der Waals surface area contributed by atoms with E-state index in [0.29, 0.717) is 17.0 Å². The Morgan fingerprint density at radius 2 is 1.89 bits per heavy atom. The minimum atomic E-state index is -3.69. The molecule has 0 aromatic heterocycles. The number of anilines is 1. The first-order chi connectivity index (χ1) is 13.1. The molecule has 9 nitrogen and oxygen atoms in total. The molecule has 2 rings (SSSR count). The van der Waals surface area contributed by atoms with Crippen LogP contribution in [0.15, 0.2) is 53.6 Å². The Balaban J connectivity index is 2.14. The minimum Gasteiger partial charge on any atom is -0.271 e. The van der Waals surface area contributed by atoms with Crippen LogP contribution in [0.25, 0.3) is 0 Å². The standard InChI is InChI=1S/C17H17IN4O5S/c1-12(13-4-3-5-16(10-13)22(24)25)19-20-17(23)11-21(28(2,26)27)15-8-6-14(18)7-9-15/h3-10H,11H2,1-2H3,(H,20,23)/b19-12-. The third kappa shape index (κ3) is 5.99. The summed E-state index contributed by atoms with van der Waals surface area (Å²) in [6, 6.07) is 12.5. The molecule has 0 fully saturated rings. The van der Waals surface area contributed by atoms with Crippen molar-refractivity contribution in [3.63, 3.8) is 0 Å². The van der Waals surface area contributed by atoms with Gasteiger partial charge in [-0.3, -0.25) is 19.2 Å². The maximum absolute atomic E-state index is 12.2. The minimum absolute atomic E-state index is 0.0969. The second-order valence-corrected chi connectivity index (χ2v) is 8.94. The Morgan fingerprint density at radius 3 is 2.46 bits per heavy atom. The third-order valence-corrected chi connectivity index (χ3v) is 5.48. The second-order valence-electron chi connectivity index (χ2n) is 5.79. The average Bonchev–Trinajstić information content (AvgIpc) is 2.64. The number of nitro benzene ring substituents is 1. The Hall–Kier alpha value is -2.54. The summed E-state index contributed by atoms with van der Waals surface area (Å²) in [6.45, 7) is 1.12. The van der Waals surface area contributed by atoms with E-state index in [4.69, 9.17) is 0 Å². The number of nitrogens with zero attached hydrogens (tertiary/aromatic N) is 3. The predicted molar refractivity (Wildman–Crippen MR) is 115 cm³/mol. The van der Waals surface area contributed by atoms with Gasteiger partial charge in [0.05, 0.1) is 22.6 Å². The molecular formula is C17H17IN4O5S. The molecule has 0 saturated carbocycles. The highest BCUT2D eigenvalue weighted by molar-refractivity contribution is 14.1. The molecule has 1 N–H and O–H groups in total. The van der Waals surface area contributed by atoms with E-state index in [2.05, 4.69) is 33.1 Å². The number of non-ortho nitro benzene ring substituents is 1. The fraction of sp³-hybridized carbons (Fsp3) is 0.176. The van der Waals surface area contributed by atoms with Gasteiger partial charge in [0, 0.05) is 21.3 Å². The Bertz CT molecular complexity index is 1020. The molecule has 0 aliphatic heterocycles. The van der Waals surface area contributed by atoms with Crippen molar-refractivity contribution in [2.45, 2.75) is 6.92 Å². The molecule has 0 atom stereocenters. The molecule has 2 aromatic carbocycles. The lowest BCUT2D eigenvalue weighted by Crippen LogP contribution is -2.39. The van der Waals surface area contributed by atoms with Crippen molar-refractivity contribution >= 4 is 55.6 Å². The molecule has 0 aliphatic carbocycles. The van der Waals surface area contributed by atoms with Crippen LogP contribution in [-0.2, 0) is 14.8 Å². The van der Waals surface area contributed by atoms with Gasteiger partial charge in [-0.15, -0.1) is 0 Å². The van der Waals surface area contributed by atoms with Crippen molar-refractivity contribution in [3.05, 3.63) is 67.8 Å². The van der Waals surface area contributed by atoms with Gasteiger partial charge in [0.15, 0.2) is 0 Å². The van der Waals surface area contributed by atoms with Gasteiger partial charge in [-0.25, -0.2) is 13.8 Å². The number of amides is 1. The van der Waals surface area contributed by atoms with Crippen LogP contribution in [0.1, 0.15) is 12.5 Å². The van der Waals surface area contributed by atoms with E-state index in [1.165, 1.54) is 18.2 Å². The summed E-state index contributed by atoms with van der Waals surface area (Å²) < 4.78 is 26.0. The highest BCUT2D eigenvalue weighted by atomic mass is 127. The van der Waals surface area contributed by atoms with Gasteiger partial charge in [-0.05, 0) is 53.8 Å². The maximum atomic E-state index is 12.2. The molecule has 0 saturated heterocycles. The summed E-state index contributed by atoms with van der Waals surface area (Å²) >= 11 is 2.09. The van der Waals surface area contributed by atoms with Crippen LogP contribution in [0.3, 0.4) is 0 Å². The molecule has 28 heavy (non-hydrogen) atoms. The number of hydrogen-bond acceptors (Lipinski definition) is 6. The fourth-order valence-electron chi connectivity index (χ4n) is 2.23. The number of hydrogen-bond donors (Lipinski definition) is 1. The highest BCUT2D eigenvalue weighted by Gasteiger charge is 2.20. The summed E-state index contributed by atoms with van der Waals surface area (Å²) in [7, 11) is -3.69. The summed E-state index contributed by atoms with van der Waals surface area (Å²) in [4.78, 5) is 22.5. The third-order valence-electron chi connectivity index (χ3n) is 3.63. The number of hydrazone groups is 1. The molecule has 1 amide bonds. The van der Waals surface area contributed by atoms with E-state index < -0.39 is 27.4 Å². The van der Waals surface area contributed by atoms with Crippen molar-refractivity contribution in [1.82, 2.24) is 5.43 Å². The fourth-order valence-corrected chi connectivity index (χ4v) is 3.44. The molecule has 0 spiro atoms. The Labute approximate surface area is 175 Å². The zero-order valence-corrected chi connectivity index (χ0v) is 18.0. The molecule has 0 radical (unpaired) electrons. The van der Waals surface area contributed by atoms with Crippen LogP contribution in [0.2, 0.25) is 0 Å². The number of benzene rings is 2. The summed E-state index contributed by atoms with van der Waals surface area (Å²) in [6.07, 6.45) is 1.01. The smallest absolute Gasteiger partial charge is 0.270 e. The summed E-state index contributed by atoms with van der Waals surface area (Å²) in [5, 5.41) is 14.8. The van der Waals surface area contributed by atoms with Gasteiger partial charge in [-0.1, -0.05) is 12.1 Å². The van der Waals surface area contributed by atoms with Crippen LogP contribution in [0.5, 0.6) is 0 Å². The second kappa shape index (κ2) is 9.10. The van der Waals surface area contributed by atoms with Crippen LogP contribution >= 0.6 is 22.6 Å². The quantitative estimate of drug-likeness (QED) is 0.262. The zero-order valence-electron chi connectivity index (χ0n) is 15.0. The number of nitrogens with one attached hydrogen (secondary N) is 1. The van der Waals surface area contributed by atoms with Crippen molar-refractivity contribution < 1.29 is 18.1 Å². The number of sulfonamides is 1. The predicted octanol–water partition coefficient (Wildman–Crippen LogP) is 2.51. The Morgan fingerprint density at radius 1 is 1.25 bits per heavy atom. The maximum Gasteiger partial charge on any atom is 0.270 e.